The third-order valence-electron chi connectivity index (χ3n) is 6.11. The Morgan fingerprint density at radius 1 is 1.06 bits per heavy atom. The predicted molar refractivity (Wildman–Crippen MR) is 133 cm³/mol. The van der Waals surface area contributed by atoms with E-state index in [1.165, 1.54) is 19.3 Å². The number of fused-ring (bicyclic) bond motifs is 1. The Labute approximate surface area is 190 Å². The summed E-state index contributed by atoms with van der Waals surface area (Å²) in [6, 6.07) is 16.6. The summed E-state index contributed by atoms with van der Waals surface area (Å²) in [5.41, 5.74) is 10.4. The molecule has 6 nitrogen and oxygen atoms in total. The molecule has 168 valence electrons. The summed E-state index contributed by atoms with van der Waals surface area (Å²) in [5.74, 6) is 0. The molecule has 0 bridgehead atoms. The quantitative estimate of drug-likeness (QED) is 0.426. The Morgan fingerprint density at radius 3 is 2.56 bits per heavy atom. The molecular formula is C26H33N5O. The van der Waals surface area contributed by atoms with Crippen molar-refractivity contribution < 1.29 is 4.79 Å². The number of pyridine rings is 1. The van der Waals surface area contributed by atoms with Crippen LogP contribution >= 0.6 is 0 Å². The van der Waals surface area contributed by atoms with Crippen molar-refractivity contribution in [2.45, 2.75) is 57.5 Å². The lowest BCUT2D eigenvalue weighted by molar-refractivity contribution is 0.223. The standard InChI is InChI=1S/C26H33N5O/c1-26(2,31-25(32)30-20-11-7-4-8-12-20)17-29-24-21-14-13-19(18-9-5-3-6-10-18)15-23(21)28-16-22(24)27/h3,5-6,9-10,13-16,20H,4,7-8,11-12,17,27H2,1-2H3,(H,28,29)(H2,30,31,32). The lowest BCUT2D eigenvalue weighted by Gasteiger charge is -2.30. The monoisotopic (exact) mass is 431 g/mol. The Kier molecular flexibility index (Phi) is 6.49. The molecule has 1 aliphatic carbocycles. The van der Waals surface area contributed by atoms with Gasteiger partial charge in [-0.1, -0.05) is 61.7 Å². The zero-order chi connectivity index (χ0) is 22.6. The Bertz CT molecular complexity index is 1070. The van der Waals surface area contributed by atoms with Crippen LogP contribution in [-0.4, -0.2) is 29.1 Å². The number of anilines is 2. The van der Waals surface area contributed by atoms with Gasteiger partial charge in [-0.25, -0.2) is 4.79 Å². The number of benzene rings is 2. The van der Waals surface area contributed by atoms with Gasteiger partial charge in [-0.15, -0.1) is 0 Å². The molecule has 0 spiro atoms. The van der Waals surface area contributed by atoms with Gasteiger partial charge in [0.25, 0.3) is 0 Å². The lowest BCUT2D eigenvalue weighted by atomic mass is 9.95. The molecule has 1 heterocycles. The number of hydrogen-bond donors (Lipinski definition) is 4. The van der Waals surface area contributed by atoms with Crippen molar-refractivity contribution in [1.82, 2.24) is 15.6 Å². The highest BCUT2D eigenvalue weighted by molar-refractivity contribution is 5.98. The van der Waals surface area contributed by atoms with Gasteiger partial charge in [-0.3, -0.25) is 4.98 Å². The van der Waals surface area contributed by atoms with Crippen LogP contribution < -0.4 is 21.7 Å². The van der Waals surface area contributed by atoms with E-state index in [9.17, 15) is 4.79 Å². The molecule has 2 aromatic carbocycles. The number of carbonyl (C=O) groups excluding carboxylic acids is 1. The smallest absolute Gasteiger partial charge is 0.315 e. The molecule has 2 amide bonds. The molecule has 0 saturated heterocycles. The summed E-state index contributed by atoms with van der Waals surface area (Å²) in [7, 11) is 0. The molecule has 5 N–H and O–H groups in total. The third-order valence-corrected chi connectivity index (χ3v) is 6.11. The fourth-order valence-corrected chi connectivity index (χ4v) is 4.35. The van der Waals surface area contributed by atoms with Gasteiger partial charge in [0, 0.05) is 18.0 Å². The van der Waals surface area contributed by atoms with Crippen LogP contribution in [0.25, 0.3) is 22.0 Å². The van der Waals surface area contributed by atoms with E-state index < -0.39 is 5.54 Å². The number of carbonyl (C=O) groups is 1. The fraction of sp³-hybridized carbons (Fsp3) is 0.385. The van der Waals surface area contributed by atoms with E-state index in [-0.39, 0.29) is 12.1 Å². The topological polar surface area (TPSA) is 92.1 Å². The molecule has 0 atom stereocenters. The first kappa shape index (κ1) is 21.9. The number of amides is 2. The highest BCUT2D eigenvalue weighted by Gasteiger charge is 2.23. The Balaban J connectivity index is 1.45. The summed E-state index contributed by atoms with van der Waals surface area (Å²) >= 11 is 0. The number of rotatable bonds is 6. The number of aromatic nitrogens is 1. The van der Waals surface area contributed by atoms with E-state index in [1.807, 2.05) is 32.0 Å². The highest BCUT2D eigenvalue weighted by atomic mass is 16.2. The minimum absolute atomic E-state index is 0.108. The number of nitrogens with zero attached hydrogens (tertiary/aromatic N) is 1. The van der Waals surface area contributed by atoms with Gasteiger partial charge < -0.3 is 21.7 Å². The molecule has 0 aliphatic heterocycles. The van der Waals surface area contributed by atoms with Gasteiger partial charge in [-0.2, -0.15) is 0 Å². The molecule has 3 aromatic rings. The predicted octanol–water partition coefficient (Wildman–Crippen LogP) is 5.31. The van der Waals surface area contributed by atoms with E-state index in [0.717, 1.165) is 40.6 Å². The van der Waals surface area contributed by atoms with E-state index in [0.29, 0.717) is 12.2 Å². The van der Waals surface area contributed by atoms with Crippen molar-refractivity contribution in [1.29, 1.82) is 0 Å². The summed E-state index contributed by atoms with van der Waals surface area (Å²) in [4.78, 5) is 17.0. The van der Waals surface area contributed by atoms with Crippen LogP contribution in [-0.2, 0) is 0 Å². The van der Waals surface area contributed by atoms with Crippen LogP contribution in [0.2, 0.25) is 0 Å². The molecule has 1 fully saturated rings. The number of hydrogen-bond acceptors (Lipinski definition) is 4. The van der Waals surface area contributed by atoms with Gasteiger partial charge in [-0.05, 0) is 43.9 Å². The van der Waals surface area contributed by atoms with Crippen LogP contribution in [0, 0.1) is 0 Å². The molecule has 1 aliphatic rings. The maximum Gasteiger partial charge on any atom is 0.315 e. The van der Waals surface area contributed by atoms with Gasteiger partial charge in [0.05, 0.1) is 28.6 Å². The van der Waals surface area contributed by atoms with Crippen LogP contribution in [0.3, 0.4) is 0 Å². The molecule has 1 aromatic heterocycles. The molecule has 6 heteroatoms. The molecule has 1 saturated carbocycles. The number of nitrogen functional groups attached to an aromatic ring is 1. The second-order valence-electron chi connectivity index (χ2n) is 9.36. The minimum atomic E-state index is -0.454. The van der Waals surface area contributed by atoms with Crippen LogP contribution in [0.1, 0.15) is 46.0 Å². The van der Waals surface area contributed by atoms with E-state index >= 15 is 0 Å². The summed E-state index contributed by atoms with van der Waals surface area (Å²) in [5, 5.41) is 10.6. The average molecular weight is 432 g/mol. The van der Waals surface area contributed by atoms with Gasteiger partial charge >= 0.3 is 6.03 Å². The van der Waals surface area contributed by atoms with Crippen LogP contribution in [0.5, 0.6) is 0 Å². The number of nitrogens with two attached hydrogens (primary N) is 1. The zero-order valence-electron chi connectivity index (χ0n) is 18.9. The Hall–Kier alpha value is -3.28. The molecular weight excluding hydrogens is 398 g/mol. The van der Waals surface area contributed by atoms with Gasteiger partial charge in [0.15, 0.2) is 0 Å². The first-order chi connectivity index (χ1) is 15.4. The van der Waals surface area contributed by atoms with Gasteiger partial charge in [0.1, 0.15) is 0 Å². The lowest BCUT2D eigenvalue weighted by Crippen LogP contribution is -2.54. The summed E-state index contributed by atoms with van der Waals surface area (Å²) < 4.78 is 0. The highest BCUT2D eigenvalue weighted by Crippen LogP contribution is 2.31. The largest absolute Gasteiger partial charge is 0.396 e. The second-order valence-corrected chi connectivity index (χ2v) is 9.36. The van der Waals surface area contributed by atoms with Crippen molar-refractivity contribution in [3.05, 3.63) is 54.7 Å². The van der Waals surface area contributed by atoms with Crippen molar-refractivity contribution in [3.63, 3.8) is 0 Å². The van der Waals surface area contributed by atoms with Crippen molar-refractivity contribution in [3.8, 4) is 11.1 Å². The SMILES string of the molecule is CC(C)(CNc1c(N)cnc2cc(-c3ccccc3)ccc12)NC(=O)NC1CCCCC1. The van der Waals surface area contributed by atoms with E-state index in [2.05, 4.69) is 51.3 Å². The van der Waals surface area contributed by atoms with E-state index in [1.54, 1.807) is 6.20 Å². The average Bonchev–Trinajstić information content (AvgIpc) is 2.79. The molecule has 32 heavy (non-hydrogen) atoms. The third kappa shape index (κ3) is 5.31. The maximum absolute atomic E-state index is 12.5. The van der Waals surface area contributed by atoms with Crippen molar-refractivity contribution in [2.24, 2.45) is 0 Å². The normalized spacial score (nSPS) is 14.8. The van der Waals surface area contributed by atoms with Crippen LogP contribution in [0.15, 0.2) is 54.7 Å². The second kappa shape index (κ2) is 9.47. The summed E-state index contributed by atoms with van der Waals surface area (Å²) in [6.45, 7) is 4.55. The van der Waals surface area contributed by atoms with Crippen molar-refractivity contribution >= 4 is 28.3 Å². The van der Waals surface area contributed by atoms with Crippen molar-refractivity contribution in [2.75, 3.05) is 17.6 Å². The first-order valence-electron chi connectivity index (χ1n) is 11.5. The van der Waals surface area contributed by atoms with Gasteiger partial charge in [0.2, 0.25) is 0 Å². The fourth-order valence-electron chi connectivity index (χ4n) is 4.35. The number of nitrogens with one attached hydrogen (secondary N) is 3. The summed E-state index contributed by atoms with van der Waals surface area (Å²) in [6.07, 6.45) is 7.47. The molecule has 0 radical (unpaired) electrons. The van der Waals surface area contributed by atoms with Crippen LogP contribution in [0.4, 0.5) is 16.2 Å². The zero-order valence-corrected chi connectivity index (χ0v) is 18.9. The minimum Gasteiger partial charge on any atom is -0.396 e. The first-order valence-corrected chi connectivity index (χ1v) is 11.5. The molecule has 0 unspecified atom stereocenters. The number of urea groups is 1. The maximum atomic E-state index is 12.5. The Morgan fingerprint density at radius 2 is 1.81 bits per heavy atom. The molecule has 4 rings (SSSR count). The van der Waals surface area contributed by atoms with E-state index in [4.69, 9.17) is 5.73 Å².